The normalized spacial score (nSPS) is 11.5. The van der Waals surface area contributed by atoms with E-state index < -0.39 is 11.6 Å². The number of nitrogens with zero attached hydrogens (tertiary/aromatic N) is 2. The average Bonchev–Trinajstić information content (AvgIpc) is 2.80. The minimum absolute atomic E-state index is 0.0517. The van der Waals surface area contributed by atoms with Crippen LogP contribution in [0.1, 0.15) is 35.8 Å². The number of ketones is 1. The fraction of sp³-hybridized carbons (Fsp3) is 0.222. The topological polar surface area (TPSA) is 44.0 Å². The third kappa shape index (κ3) is 2.96. The molecule has 3 rings (SSSR count). The van der Waals surface area contributed by atoms with Crippen molar-refractivity contribution in [1.82, 2.24) is 9.13 Å². The molecule has 0 radical (unpaired) electrons. The first-order chi connectivity index (χ1) is 12.1. The quantitative estimate of drug-likeness (QED) is 0.444. The molecule has 0 aliphatic heterocycles. The summed E-state index contributed by atoms with van der Waals surface area (Å²) in [6.07, 6.45) is 0. The summed E-state index contributed by atoms with van der Waals surface area (Å²) in [4.78, 5) is 25.6. The average molecular weight is 505 g/mol. The lowest BCUT2D eigenvalue weighted by atomic mass is 10.0. The molecule has 0 saturated heterocycles. The van der Waals surface area contributed by atoms with Gasteiger partial charge in [-0.1, -0.05) is 11.6 Å². The number of halogens is 4. The molecule has 0 atom stereocenters. The van der Waals surface area contributed by atoms with E-state index in [0.29, 0.717) is 20.0 Å². The van der Waals surface area contributed by atoms with Gasteiger partial charge < -0.3 is 0 Å². The number of carbonyl (C=O) groups excluding carboxylic acids is 1. The molecule has 3 aromatic rings. The van der Waals surface area contributed by atoms with Gasteiger partial charge in [-0.3, -0.25) is 13.9 Å². The van der Waals surface area contributed by atoms with Crippen LogP contribution in [-0.4, -0.2) is 14.9 Å². The van der Waals surface area contributed by atoms with Crippen LogP contribution >= 0.6 is 43.5 Å². The molecule has 0 aliphatic rings. The maximum atomic E-state index is 13.6. The van der Waals surface area contributed by atoms with Crippen LogP contribution in [0.2, 0.25) is 5.02 Å². The van der Waals surface area contributed by atoms with Crippen LogP contribution in [0.3, 0.4) is 0 Å². The second kappa shape index (κ2) is 6.94. The van der Waals surface area contributed by atoms with E-state index in [9.17, 15) is 14.0 Å². The summed E-state index contributed by atoms with van der Waals surface area (Å²) in [5.41, 5.74) is 1.43. The lowest BCUT2D eigenvalue weighted by molar-refractivity contribution is 0.103. The molecule has 1 heterocycles. The highest BCUT2D eigenvalue weighted by molar-refractivity contribution is 9.11. The van der Waals surface area contributed by atoms with Gasteiger partial charge in [-0.25, -0.2) is 9.18 Å². The number of carbonyl (C=O) groups is 1. The minimum Gasteiger partial charge on any atom is -0.294 e. The van der Waals surface area contributed by atoms with E-state index in [0.717, 1.165) is 6.07 Å². The number of hydrogen-bond acceptors (Lipinski definition) is 2. The number of aryl methyl sites for hydroxylation is 1. The molecule has 1 aromatic heterocycles. The first-order valence-corrected chi connectivity index (χ1v) is 9.70. The Hall–Kier alpha value is -1.44. The van der Waals surface area contributed by atoms with Crippen LogP contribution in [0.5, 0.6) is 0 Å². The molecule has 0 N–H and O–H groups in total. The van der Waals surface area contributed by atoms with Crippen molar-refractivity contribution in [1.29, 1.82) is 0 Å². The number of rotatable bonds is 3. The molecule has 26 heavy (non-hydrogen) atoms. The molecule has 0 spiro atoms. The molecule has 0 unspecified atom stereocenters. The van der Waals surface area contributed by atoms with Gasteiger partial charge in [0.25, 0.3) is 0 Å². The van der Waals surface area contributed by atoms with E-state index >= 15 is 0 Å². The van der Waals surface area contributed by atoms with Crippen molar-refractivity contribution >= 4 is 60.3 Å². The third-order valence-electron chi connectivity index (χ3n) is 4.18. The van der Waals surface area contributed by atoms with E-state index in [1.165, 1.54) is 16.7 Å². The number of fused-ring (bicyclic) bond motifs is 1. The molecule has 0 amide bonds. The zero-order valence-corrected chi connectivity index (χ0v) is 18.0. The van der Waals surface area contributed by atoms with Gasteiger partial charge in [-0.05, 0) is 70.0 Å². The van der Waals surface area contributed by atoms with E-state index in [1.54, 1.807) is 17.7 Å². The molecule has 0 aliphatic carbocycles. The molecular formula is C18H14Br2ClFN2O2. The Morgan fingerprint density at radius 3 is 2.50 bits per heavy atom. The Kier molecular flexibility index (Phi) is 5.16. The molecule has 4 nitrogen and oxygen atoms in total. The van der Waals surface area contributed by atoms with E-state index in [4.69, 9.17) is 11.6 Å². The second-order valence-electron chi connectivity index (χ2n) is 6.17. The predicted molar refractivity (Wildman–Crippen MR) is 108 cm³/mol. The fourth-order valence-corrected chi connectivity index (χ4v) is 4.90. The van der Waals surface area contributed by atoms with Crippen LogP contribution in [0.25, 0.3) is 11.0 Å². The summed E-state index contributed by atoms with van der Waals surface area (Å²) in [5.74, 6) is -0.996. The summed E-state index contributed by atoms with van der Waals surface area (Å²) in [7, 11) is 1.64. The van der Waals surface area contributed by atoms with Gasteiger partial charge in [0.2, 0.25) is 0 Å². The maximum absolute atomic E-state index is 13.6. The second-order valence-corrected chi connectivity index (χ2v) is 8.23. The van der Waals surface area contributed by atoms with Crippen molar-refractivity contribution in [3.05, 3.63) is 65.7 Å². The van der Waals surface area contributed by atoms with Crippen molar-refractivity contribution in [2.24, 2.45) is 7.05 Å². The van der Waals surface area contributed by atoms with Gasteiger partial charge in [0.1, 0.15) is 5.82 Å². The Labute approximate surface area is 170 Å². The molecule has 0 bridgehead atoms. The van der Waals surface area contributed by atoms with Crippen molar-refractivity contribution in [2.75, 3.05) is 0 Å². The first-order valence-electron chi connectivity index (χ1n) is 7.73. The molecule has 2 aromatic carbocycles. The monoisotopic (exact) mass is 502 g/mol. The smallest absolute Gasteiger partial charge is 0.294 e. The highest BCUT2D eigenvalue weighted by Crippen LogP contribution is 2.36. The highest BCUT2D eigenvalue weighted by atomic mass is 79.9. The molecular weight excluding hydrogens is 490 g/mol. The van der Waals surface area contributed by atoms with E-state index in [-0.39, 0.29) is 27.9 Å². The maximum Gasteiger partial charge on any atom is 0.329 e. The standard InChI is InChI=1S/C18H14Br2ClFN2O2/c1-8(2)24-13-7-11(19)14(15(20)16(13)23(3)18(24)26)17(25)10-6-9(22)4-5-12(10)21/h4-8H,1-3H3. The van der Waals surface area contributed by atoms with Crippen LogP contribution in [0.15, 0.2) is 38.0 Å². The Morgan fingerprint density at radius 1 is 1.23 bits per heavy atom. The molecule has 0 fully saturated rings. The summed E-state index contributed by atoms with van der Waals surface area (Å²) < 4.78 is 17.7. The molecule has 136 valence electrons. The predicted octanol–water partition coefficient (Wildman–Crippen LogP) is 5.47. The lowest BCUT2D eigenvalue weighted by Crippen LogP contribution is -2.23. The number of aromatic nitrogens is 2. The van der Waals surface area contributed by atoms with E-state index in [2.05, 4.69) is 31.9 Å². The van der Waals surface area contributed by atoms with Crippen molar-refractivity contribution in [3.8, 4) is 0 Å². The summed E-state index contributed by atoms with van der Waals surface area (Å²) in [6, 6.07) is 5.31. The highest BCUT2D eigenvalue weighted by Gasteiger charge is 2.25. The number of hydrogen-bond donors (Lipinski definition) is 0. The Balaban J connectivity index is 2.35. The Bertz CT molecular complexity index is 1120. The van der Waals surface area contributed by atoms with Crippen molar-refractivity contribution in [3.63, 3.8) is 0 Å². The van der Waals surface area contributed by atoms with Gasteiger partial charge >= 0.3 is 5.69 Å². The minimum atomic E-state index is -0.551. The van der Waals surface area contributed by atoms with Crippen LogP contribution in [0, 0.1) is 5.82 Å². The number of imidazole rings is 1. The largest absolute Gasteiger partial charge is 0.329 e. The SMILES string of the molecule is CC(C)n1c(=O)n(C)c2c(Br)c(C(=O)c3cc(F)ccc3Cl)c(Br)cc21. The molecule has 8 heteroatoms. The van der Waals surface area contributed by atoms with E-state index in [1.807, 2.05) is 13.8 Å². The van der Waals surface area contributed by atoms with Crippen molar-refractivity contribution < 1.29 is 9.18 Å². The summed E-state index contributed by atoms with van der Waals surface area (Å²) in [6.45, 7) is 3.82. The first kappa shape index (κ1) is 19.3. The van der Waals surface area contributed by atoms with Crippen LogP contribution < -0.4 is 5.69 Å². The van der Waals surface area contributed by atoms with Gasteiger partial charge in [0.05, 0.1) is 26.1 Å². The Morgan fingerprint density at radius 2 is 1.88 bits per heavy atom. The zero-order valence-electron chi connectivity index (χ0n) is 14.1. The third-order valence-corrected chi connectivity index (χ3v) is 5.90. The summed E-state index contributed by atoms with van der Waals surface area (Å²) >= 11 is 13.0. The van der Waals surface area contributed by atoms with Gasteiger partial charge in [0.15, 0.2) is 5.78 Å². The van der Waals surface area contributed by atoms with Gasteiger partial charge in [0, 0.05) is 23.1 Å². The van der Waals surface area contributed by atoms with Gasteiger partial charge in [-0.2, -0.15) is 0 Å². The van der Waals surface area contributed by atoms with Crippen LogP contribution in [0.4, 0.5) is 4.39 Å². The zero-order chi connectivity index (χ0) is 19.3. The number of benzene rings is 2. The lowest BCUT2D eigenvalue weighted by Gasteiger charge is -2.12. The summed E-state index contributed by atoms with van der Waals surface area (Å²) in [5, 5.41) is 0.156. The fourth-order valence-electron chi connectivity index (χ4n) is 2.97. The molecule has 0 saturated carbocycles. The van der Waals surface area contributed by atoms with Gasteiger partial charge in [-0.15, -0.1) is 0 Å². The van der Waals surface area contributed by atoms with Crippen molar-refractivity contribution in [2.45, 2.75) is 19.9 Å². The van der Waals surface area contributed by atoms with Crippen LogP contribution in [-0.2, 0) is 7.05 Å².